The van der Waals surface area contributed by atoms with E-state index in [9.17, 15) is 9.18 Å². The smallest absolute Gasteiger partial charge is 0.364 e. The van der Waals surface area contributed by atoms with Crippen molar-refractivity contribution in [3.05, 3.63) is 30.1 Å². The first kappa shape index (κ1) is 9.25. The minimum atomic E-state index is -1.01. The number of hydroxylamine groups is 1. The molecule has 0 aromatic heterocycles. The van der Waals surface area contributed by atoms with Gasteiger partial charge in [0.2, 0.25) is 0 Å². The molecule has 78 valence electrons. The van der Waals surface area contributed by atoms with Gasteiger partial charge in [-0.05, 0) is 29.4 Å². The topological polar surface area (TPSA) is 77.2 Å². The number of anilines is 1. The summed E-state index contributed by atoms with van der Waals surface area (Å²) in [4.78, 5) is 19.5. The van der Waals surface area contributed by atoms with Gasteiger partial charge in [-0.3, -0.25) is 9.68 Å². The molecule has 0 saturated heterocycles. The van der Waals surface area contributed by atoms with Gasteiger partial charge < -0.3 is 5.73 Å². The fourth-order valence-corrected chi connectivity index (χ4v) is 1.02. The Balaban J connectivity index is 2.30. The Morgan fingerprint density at radius 3 is 2.67 bits per heavy atom. The summed E-state index contributed by atoms with van der Waals surface area (Å²) in [5, 5.41) is 4.18. The van der Waals surface area contributed by atoms with Crippen LogP contribution in [0.15, 0.2) is 29.4 Å². The SMILES string of the molecule is NC1=NOC(=O)ON1c1ccc(F)cc1. The molecule has 0 fully saturated rings. The van der Waals surface area contributed by atoms with Crippen LogP contribution < -0.4 is 10.8 Å². The Kier molecular flexibility index (Phi) is 2.13. The average molecular weight is 211 g/mol. The van der Waals surface area contributed by atoms with Crippen molar-refractivity contribution in [1.29, 1.82) is 0 Å². The number of nitrogens with two attached hydrogens (primary N) is 1. The Hall–Kier alpha value is -2.31. The number of benzene rings is 1. The number of carbonyl (C=O) groups is 1. The number of oxime groups is 1. The first-order valence-corrected chi connectivity index (χ1v) is 3.95. The highest BCUT2D eigenvalue weighted by Gasteiger charge is 2.23. The van der Waals surface area contributed by atoms with E-state index < -0.39 is 12.0 Å². The van der Waals surface area contributed by atoms with E-state index in [4.69, 9.17) is 5.73 Å². The Labute approximate surface area is 83.6 Å². The number of halogens is 1. The van der Waals surface area contributed by atoms with Crippen molar-refractivity contribution in [3.8, 4) is 0 Å². The largest absolute Gasteiger partial charge is 0.561 e. The second-order valence-electron chi connectivity index (χ2n) is 2.65. The summed E-state index contributed by atoms with van der Waals surface area (Å²) in [6.45, 7) is 0. The van der Waals surface area contributed by atoms with Crippen LogP contribution in [0.4, 0.5) is 14.9 Å². The quantitative estimate of drug-likeness (QED) is 0.699. The molecule has 0 saturated carbocycles. The van der Waals surface area contributed by atoms with Gasteiger partial charge in [-0.25, -0.2) is 4.39 Å². The van der Waals surface area contributed by atoms with E-state index in [0.29, 0.717) is 5.69 Å². The number of guanidine groups is 1. The highest BCUT2D eigenvalue weighted by Crippen LogP contribution is 2.17. The molecule has 2 rings (SSSR count). The molecule has 0 spiro atoms. The summed E-state index contributed by atoms with van der Waals surface area (Å²) in [5.74, 6) is -0.560. The summed E-state index contributed by atoms with van der Waals surface area (Å²) in [6, 6.07) is 5.17. The minimum Gasteiger partial charge on any atom is -0.364 e. The molecule has 1 aromatic carbocycles. The van der Waals surface area contributed by atoms with Gasteiger partial charge in [-0.2, -0.15) is 4.79 Å². The third-order valence-electron chi connectivity index (χ3n) is 1.65. The van der Waals surface area contributed by atoms with E-state index in [1.54, 1.807) is 0 Å². The number of carbonyl (C=O) groups excluding carboxylic acids is 1. The molecule has 0 radical (unpaired) electrons. The molecule has 2 N–H and O–H groups in total. The lowest BCUT2D eigenvalue weighted by atomic mass is 10.3. The lowest BCUT2D eigenvalue weighted by Gasteiger charge is -2.22. The second-order valence-corrected chi connectivity index (χ2v) is 2.65. The number of hydrogen-bond donors (Lipinski definition) is 1. The van der Waals surface area contributed by atoms with Gasteiger partial charge >= 0.3 is 6.16 Å². The minimum absolute atomic E-state index is 0.152. The van der Waals surface area contributed by atoms with Gasteiger partial charge in [-0.1, -0.05) is 0 Å². The van der Waals surface area contributed by atoms with Crippen LogP contribution >= 0.6 is 0 Å². The first-order chi connectivity index (χ1) is 7.16. The second kappa shape index (κ2) is 3.45. The Morgan fingerprint density at radius 2 is 2.00 bits per heavy atom. The van der Waals surface area contributed by atoms with Gasteiger partial charge in [-0.15, -0.1) is 5.06 Å². The molecule has 7 heteroatoms. The predicted molar refractivity (Wildman–Crippen MR) is 48.1 cm³/mol. The van der Waals surface area contributed by atoms with Crippen LogP contribution in [0, 0.1) is 5.82 Å². The normalized spacial score (nSPS) is 15.4. The van der Waals surface area contributed by atoms with Crippen molar-refractivity contribution in [2.45, 2.75) is 0 Å². The van der Waals surface area contributed by atoms with E-state index >= 15 is 0 Å². The van der Waals surface area contributed by atoms with Crippen LogP contribution in [0.3, 0.4) is 0 Å². The molecule has 0 atom stereocenters. The molecule has 1 aromatic rings. The lowest BCUT2D eigenvalue weighted by Crippen LogP contribution is -2.42. The van der Waals surface area contributed by atoms with Crippen molar-refractivity contribution in [2.75, 3.05) is 5.06 Å². The summed E-state index contributed by atoms with van der Waals surface area (Å²) in [5.41, 5.74) is 5.76. The standard InChI is InChI=1S/C8H6FN3O3/c9-5-1-3-6(4-2-5)12-7(10)11-14-8(13)15-12/h1-4H,(H2,10,11). The monoisotopic (exact) mass is 211 g/mol. The fraction of sp³-hybridized carbons (Fsp3) is 0. The molecular formula is C8H6FN3O3. The summed E-state index contributed by atoms with van der Waals surface area (Å²) in [7, 11) is 0. The Bertz CT molecular complexity index is 418. The summed E-state index contributed by atoms with van der Waals surface area (Å²) < 4.78 is 12.6. The van der Waals surface area contributed by atoms with Gasteiger partial charge in [0.15, 0.2) is 0 Å². The highest BCUT2D eigenvalue weighted by molar-refractivity contribution is 5.95. The zero-order valence-electron chi connectivity index (χ0n) is 7.38. The number of hydrogen-bond acceptors (Lipinski definition) is 6. The van der Waals surface area contributed by atoms with Crippen molar-refractivity contribution in [2.24, 2.45) is 10.9 Å². The molecule has 0 unspecified atom stereocenters. The van der Waals surface area contributed by atoms with Crippen LogP contribution in [0.5, 0.6) is 0 Å². The molecule has 1 aliphatic rings. The van der Waals surface area contributed by atoms with Gasteiger partial charge in [0.1, 0.15) is 5.82 Å². The van der Waals surface area contributed by atoms with Crippen LogP contribution in [0.2, 0.25) is 0 Å². The third kappa shape index (κ3) is 1.80. The fourth-order valence-electron chi connectivity index (χ4n) is 1.02. The molecule has 6 nitrogen and oxygen atoms in total. The van der Waals surface area contributed by atoms with Crippen LogP contribution in [0.1, 0.15) is 0 Å². The maximum absolute atomic E-state index is 12.6. The van der Waals surface area contributed by atoms with Gasteiger partial charge in [0.05, 0.1) is 5.69 Å². The summed E-state index contributed by atoms with van der Waals surface area (Å²) >= 11 is 0. The average Bonchev–Trinajstić information content (AvgIpc) is 2.23. The Morgan fingerprint density at radius 1 is 1.33 bits per heavy atom. The van der Waals surface area contributed by atoms with E-state index in [1.807, 2.05) is 0 Å². The maximum Gasteiger partial charge on any atom is 0.561 e. The first-order valence-electron chi connectivity index (χ1n) is 3.95. The molecule has 0 bridgehead atoms. The molecular weight excluding hydrogens is 205 g/mol. The molecule has 1 aliphatic heterocycles. The highest BCUT2D eigenvalue weighted by atomic mass is 19.1. The van der Waals surface area contributed by atoms with Crippen LogP contribution in [-0.2, 0) is 9.68 Å². The van der Waals surface area contributed by atoms with Gasteiger partial charge in [0, 0.05) is 0 Å². The molecule has 1 heterocycles. The summed E-state index contributed by atoms with van der Waals surface area (Å²) in [6.07, 6.45) is -1.01. The van der Waals surface area contributed by atoms with E-state index in [0.717, 1.165) is 5.06 Å². The van der Waals surface area contributed by atoms with E-state index in [2.05, 4.69) is 14.8 Å². The van der Waals surface area contributed by atoms with E-state index in [1.165, 1.54) is 24.3 Å². The molecule has 0 amide bonds. The maximum atomic E-state index is 12.6. The van der Waals surface area contributed by atoms with Crippen LogP contribution in [0.25, 0.3) is 0 Å². The van der Waals surface area contributed by atoms with Gasteiger partial charge in [0.25, 0.3) is 5.96 Å². The van der Waals surface area contributed by atoms with Crippen LogP contribution in [-0.4, -0.2) is 12.1 Å². The van der Waals surface area contributed by atoms with Crippen molar-refractivity contribution in [1.82, 2.24) is 0 Å². The van der Waals surface area contributed by atoms with Crippen molar-refractivity contribution in [3.63, 3.8) is 0 Å². The zero-order chi connectivity index (χ0) is 10.8. The van der Waals surface area contributed by atoms with Crippen molar-refractivity contribution < 1.29 is 18.9 Å². The predicted octanol–water partition coefficient (Wildman–Crippen LogP) is 0.944. The lowest BCUT2D eigenvalue weighted by molar-refractivity contribution is 0.0450. The number of nitrogens with zero attached hydrogens (tertiary/aromatic N) is 2. The number of rotatable bonds is 1. The third-order valence-corrected chi connectivity index (χ3v) is 1.65. The molecule has 0 aliphatic carbocycles. The zero-order valence-corrected chi connectivity index (χ0v) is 7.38. The molecule has 15 heavy (non-hydrogen) atoms. The van der Waals surface area contributed by atoms with E-state index in [-0.39, 0.29) is 5.96 Å². The van der Waals surface area contributed by atoms with Crippen molar-refractivity contribution >= 4 is 17.8 Å².